The Balaban J connectivity index is 0.00000341. The second-order valence-electron chi connectivity index (χ2n) is 6.09. The van der Waals surface area contributed by atoms with Crippen molar-refractivity contribution in [2.75, 3.05) is 14.2 Å². The molecular formula is C18H16ClF3N3O5S-. The van der Waals surface area contributed by atoms with Crippen molar-refractivity contribution >= 4 is 34.4 Å². The number of hydrogen-bond acceptors (Lipinski definition) is 6. The van der Waals surface area contributed by atoms with Gasteiger partial charge in [-0.1, -0.05) is 12.1 Å². The molecule has 1 heterocycles. The van der Waals surface area contributed by atoms with Gasteiger partial charge in [-0.25, -0.2) is 9.82 Å². The second kappa shape index (κ2) is 9.64. The van der Waals surface area contributed by atoms with E-state index in [0.717, 1.165) is 6.07 Å². The van der Waals surface area contributed by atoms with E-state index in [1.54, 1.807) is 0 Å². The van der Waals surface area contributed by atoms with E-state index in [2.05, 4.69) is 10.2 Å². The SMILES string of the molecule is COc1cc2c(-c3ccc(CNS(=O)[O-])cc3C(F)(F)F)n[nH]c(=O)c2cc1OC.Cl. The van der Waals surface area contributed by atoms with Crippen LogP contribution in [0.25, 0.3) is 22.0 Å². The topological polar surface area (TPSA) is 116 Å². The third-order valence-corrected chi connectivity index (χ3v) is 4.71. The number of methoxy groups -OCH3 is 2. The average Bonchev–Trinajstić information content (AvgIpc) is 2.71. The minimum Gasteiger partial charge on any atom is -0.760 e. The van der Waals surface area contributed by atoms with E-state index >= 15 is 0 Å². The number of nitrogens with one attached hydrogen (secondary N) is 2. The smallest absolute Gasteiger partial charge is 0.417 e. The molecule has 0 saturated heterocycles. The Morgan fingerprint density at radius 1 is 1.13 bits per heavy atom. The van der Waals surface area contributed by atoms with Gasteiger partial charge in [-0.2, -0.15) is 18.3 Å². The molecular weight excluding hydrogens is 463 g/mol. The molecule has 0 bridgehead atoms. The first-order chi connectivity index (χ1) is 14.2. The van der Waals surface area contributed by atoms with Gasteiger partial charge in [0.05, 0.1) is 30.9 Å². The Hall–Kier alpha value is -2.67. The Bertz CT molecular complexity index is 1190. The molecule has 0 aliphatic rings. The summed E-state index contributed by atoms with van der Waals surface area (Å²) < 4.78 is 74.9. The molecule has 3 rings (SSSR count). The van der Waals surface area contributed by atoms with Crippen LogP contribution in [0.3, 0.4) is 0 Å². The van der Waals surface area contributed by atoms with Crippen LogP contribution < -0.4 is 19.8 Å². The first-order valence-corrected chi connectivity index (χ1v) is 9.41. The molecule has 3 aromatic rings. The largest absolute Gasteiger partial charge is 0.760 e. The molecule has 2 aromatic carbocycles. The molecule has 0 radical (unpaired) electrons. The Morgan fingerprint density at radius 3 is 2.29 bits per heavy atom. The number of rotatable bonds is 6. The summed E-state index contributed by atoms with van der Waals surface area (Å²) in [4.78, 5) is 12.2. The van der Waals surface area contributed by atoms with Gasteiger partial charge in [0.2, 0.25) is 0 Å². The highest BCUT2D eigenvalue weighted by Gasteiger charge is 2.35. The van der Waals surface area contributed by atoms with E-state index in [1.165, 1.54) is 38.5 Å². The van der Waals surface area contributed by atoms with Crippen LogP contribution in [0.15, 0.2) is 35.1 Å². The zero-order valence-corrected chi connectivity index (χ0v) is 17.7. The molecule has 0 amide bonds. The van der Waals surface area contributed by atoms with Gasteiger partial charge in [0.15, 0.2) is 11.5 Å². The standard InChI is InChI=1S/C18H16F3N3O5S.ClH/c1-28-14-6-11-12(7-15(14)29-2)17(25)24-23-16(11)10-4-3-9(8-22-30(26)27)5-13(10)18(19,20)21;/h3-7,22H,8H2,1-2H3,(H,24,25)(H,26,27);1H/p-1. The lowest BCUT2D eigenvalue weighted by Crippen LogP contribution is -2.17. The summed E-state index contributed by atoms with van der Waals surface area (Å²) in [5, 5.41) is 6.24. The molecule has 1 unspecified atom stereocenters. The molecule has 0 aliphatic heterocycles. The van der Waals surface area contributed by atoms with E-state index in [-0.39, 0.29) is 58.0 Å². The van der Waals surface area contributed by atoms with Crippen LogP contribution in [0, 0.1) is 0 Å². The number of benzene rings is 2. The highest BCUT2D eigenvalue weighted by atomic mass is 35.5. The van der Waals surface area contributed by atoms with Gasteiger partial charge in [-0.05, 0) is 23.8 Å². The van der Waals surface area contributed by atoms with Crippen molar-refractivity contribution in [2.24, 2.45) is 0 Å². The van der Waals surface area contributed by atoms with Crippen molar-refractivity contribution in [2.45, 2.75) is 12.7 Å². The predicted molar refractivity (Wildman–Crippen MR) is 109 cm³/mol. The zero-order valence-electron chi connectivity index (χ0n) is 16.0. The van der Waals surface area contributed by atoms with E-state index in [4.69, 9.17) is 9.47 Å². The fourth-order valence-electron chi connectivity index (χ4n) is 2.98. The number of ether oxygens (including phenoxy) is 2. The van der Waals surface area contributed by atoms with E-state index in [9.17, 15) is 26.7 Å². The van der Waals surface area contributed by atoms with E-state index in [0.29, 0.717) is 0 Å². The summed E-state index contributed by atoms with van der Waals surface area (Å²) in [6.45, 7) is -0.315. The summed E-state index contributed by atoms with van der Waals surface area (Å²) in [6.07, 6.45) is -4.76. The molecule has 1 atom stereocenters. The van der Waals surface area contributed by atoms with Crippen LogP contribution in [0.4, 0.5) is 13.2 Å². The number of aromatic amines is 1. The molecule has 168 valence electrons. The van der Waals surface area contributed by atoms with Crippen molar-refractivity contribution in [3.05, 3.63) is 51.8 Å². The Kier molecular flexibility index (Phi) is 7.65. The van der Waals surface area contributed by atoms with E-state index < -0.39 is 28.6 Å². The monoisotopic (exact) mass is 478 g/mol. The molecule has 0 aliphatic carbocycles. The van der Waals surface area contributed by atoms with Gasteiger partial charge < -0.3 is 14.0 Å². The molecule has 13 heteroatoms. The molecule has 1 aromatic heterocycles. The van der Waals surface area contributed by atoms with Gasteiger partial charge in [-0.3, -0.25) is 9.00 Å². The fourth-order valence-corrected chi connectivity index (χ4v) is 3.26. The maximum absolute atomic E-state index is 13.8. The number of H-pyrrole nitrogens is 1. The van der Waals surface area contributed by atoms with E-state index in [1.807, 2.05) is 4.72 Å². The van der Waals surface area contributed by atoms with Crippen LogP contribution in [0.1, 0.15) is 11.1 Å². The number of alkyl halides is 3. The maximum Gasteiger partial charge on any atom is 0.417 e. The number of hydrogen-bond donors (Lipinski definition) is 2. The molecule has 0 fully saturated rings. The minimum atomic E-state index is -4.76. The first-order valence-electron chi connectivity index (χ1n) is 8.33. The minimum absolute atomic E-state index is 0. The van der Waals surface area contributed by atoms with Crippen molar-refractivity contribution < 1.29 is 31.4 Å². The Labute approximate surface area is 182 Å². The number of nitrogens with zero attached hydrogens (tertiary/aromatic N) is 1. The zero-order chi connectivity index (χ0) is 22.1. The quantitative estimate of drug-likeness (QED) is 0.526. The van der Waals surface area contributed by atoms with Gasteiger partial charge in [0.25, 0.3) is 5.56 Å². The van der Waals surface area contributed by atoms with Gasteiger partial charge in [0, 0.05) is 28.8 Å². The molecule has 8 nitrogen and oxygen atoms in total. The van der Waals surface area contributed by atoms with Crippen molar-refractivity contribution in [1.82, 2.24) is 14.9 Å². The van der Waals surface area contributed by atoms with Gasteiger partial charge in [-0.15, -0.1) is 12.4 Å². The highest BCUT2D eigenvalue weighted by Crippen LogP contribution is 2.40. The lowest BCUT2D eigenvalue weighted by molar-refractivity contribution is -0.137. The maximum atomic E-state index is 13.8. The average molecular weight is 479 g/mol. The molecule has 31 heavy (non-hydrogen) atoms. The first kappa shape index (κ1) is 24.6. The van der Waals surface area contributed by atoms with Crippen molar-refractivity contribution in [3.8, 4) is 22.8 Å². The fraction of sp³-hybridized carbons (Fsp3) is 0.222. The van der Waals surface area contributed by atoms with Crippen LogP contribution >= 0.6 is 12.4 Å². The summed E-state index contributed by atoms with van der Waals surface area (Å²) in [5.74, 6) is 0.446. The normalized spacial score (nSPS) is 12.3. The van der Waals surface area contributed by atoms with Crippen LogP contribution in [0.2, 0.25) is 0 Å². The lowest BCUT2D eigenvalue weighted by atomic mass is 9.97. The molecule has 0 spiro atoms. The molecule has 0 saturated carbocycles. The number of halogens is 4. The third kappa shape index (κ3) is 5.15. The van der Waals surface area contributed by atoms with Crippen LogP contribution in [-0.4, -0.2) is 33.2 Å². The molecule has 2 N–H and O–H groups in total. The van der Waals surface area contributed by atoms with Gasteiger partial charge >= 0.3 is 6.18 Å². The van der Waals surface area contributed by atoms with Crippen LogP contribution in [0.5, 0.6) is 11.5 Å². The second-order valence-corrected chi connectivity index (χ2v) is 6.85. The summed E-state index contributed by atoms with van der Waals surface area (Å²) in [6, 6.07) is 6.07. The lowest BCUT2D eigenvalue weighted by Gasteiger charge is -2.16. The Morgan fingerprint density at radius 2 is 1.74 bits per heavy atom. The van der Waals surface area contributed by atoms with Crippen molar-refractivity contribution in [3.63, 3.8) is 0 Å². The summed E-state index contributed by atoms with van der Waals surface area (Å²) in [5.41, 5.74) is -1.95. The number of aromatic nitrogens is 2. The third-order valence-electron chi connectivity index (χ3n) is 4.33. The predicted octanol–water partition coefficient (Wildman–Crippen LogP) is 2.93. The van der Waals surface area contributed by atoms with Gasteiger partial charge in [0.1, 0.15) is 0 Å². The summed E-state index contributed by atoms with van der Waals surface area (Å²) >= 11 is -2.62. The highest BCUT2D eigenvalue weighted by molar-refractivity contribution is 7.77. The number of fused-ring (bicyclic) bond motifs is 1. The summed E-state index contributed by atoms with van der Waals surface area (Å²) in [7, 11) is 2.72. The van der Waals surface area contributed by atoms with Crippen molar-refractivity contribution in [1.29, 1.82) is 0 Å². The van der Waals surface area contributed by atoms with Crippen LogP contribution in [-0.2, 0) is 24.0 Å².